The first-order valence-corrected chi connectivity index (χ1v) is 6.98. The van der Waals surface area contributed by atoms with E-state index in [0.29, 0.717) is 33.9 Å². The second-order valence-corrected chi connectivity index (χ2v) is 5.87. The van der Waals surface area contributed by atoms with Crippen LogP contribution >= 0.6 is 23.2 Å². The Bertz CT molecular complexity index is 470. The van der Waals surface area contributed by atoms with Crippen LogP contribution in [0.2, 0.25) is 10.0 Å². The summed E-state index contributed by atoms with van der Waals surface area (Å²) in [5.74, 6) is 0.544. The molecule has 1 saturated heterocycles. The average molecular weight is 302 g/mol. The molecule has 1 heterocycles. The zero-order valence-electron chi connectivity index (χ0n) is 10.7. The molecule has 4 nitrogen and oxygen atoms in total. The van der Waals surface area contributed by atoms with Gasteiger partial charge in [-0.1, -0.05) is 30.1 Å². The Kier molecular flexibility index (Phi) is 4.55. The fourth-order valence-corrected chi connectivity index (χ4v) is 2.83. The fourth-order valence-electron chi connectivity index (χ4n) is 2.28. The number of nitrogen functional groups attached to an aromatic ring is 1. The SMILES string of the molecule is CC1CCN(CC(=O)Nc2c(N)cc(Cl)cc2Cl)C1. The van der Waals surface area contributed by atoms with E-state index >= 15 is 0 Å². The molecule has 19 heavy (non-hydrogen) atoms. The van der Waals surface area contributed by atoms with Crippen molar-refractivity contribution in [3.8, 4) is 0 Å². The molecule has 1 aromatic carbocycles. The van der Waals surface area contributed by atoms with Crippen molar-refractivity contribution in [3.05, 3.63) is 22.2 Å². The Balaban J connectivity index is 1.99. The van der Waals surface area contributed by atoms with E-state index in [-0.39, 0.29) is 5.91 Å². The van der Waals surface area contributed by atoms with Crippen molar-refractivity contribution >= 4 is 40.5 Å². The lowest BCUT2D eigenvalue weighted by molar-refractivity contribution is -0.117. The normalized spacial score (nSPS) is 19.6. The summed E-state index contributed by atoms with van der Waals surface area (Å²) >= 11 is 11.9. The number of halogens is 2. The van der Waals surface area contributed by atoms with Crippen LogP contribution in [0, 0.1) is 5.92 Å². The molecule has 6 heteroatoms. The minimum atomic E-state index is -0.106. The predicted octanol–water partition coefficient (Wildman–Crippen LogP) is 2.86. The van der Waals surface area contributed by atoms with E-state index in [4.69, 9.17) is 28.9 Å². The quantitative estimate of drug-likeness (QED) is 0.844. The van der Waals surface area contributed by atoms with Crippen molar-refractivity contribution in [3.63, 3.8) is 0 Å². The Morgan fingerprint density at radius 3 is 2.84 bits per heavy atom. The zero-order chi connectivity index (χ0) is 14.0. The van der Waals surface area contributed by atoms with Gasteiger partial charge in [0.05, 0.1) is 22.9 Å². The molecule has 0 saturated carbocycles. The molecule has 1 fully saturated rings. The number of nitrogens with two attached hydrogens (primary N) is 1. The first-order valence-electron chi connectivity index (χ1n) is 6.22. The second kappa shape index (κ2) is 5.99. The summed E-state index contributed by atoms with van der Waals surface area (Å²) in [4.78, 5) is 14.1. The first-order chi connectivity index (χ1) is 8.95. The van der Waals surface area contributed by atoms with Gasteiger partial charge in [-0.2, -0.15) is 0 Å². The Labute approximate surface area is 122 Å². The third kappa shape index (κ3) is 3.75. The zero-order valence-corrected chi connectivity index (χ0v) is 12.3. The molecule has 0 radical (unpaired) electrons. The highest BCUT2D eigenvalue weighted by Crippen LogP contribution is 2.32. The molecule has 0 aliphatic carbocycles. The smallest absolute Gasteiger partial charge is 0.238 e. The summed E-state index contributed by atoms with van der Waals surface area (Å²) < 4.78 is 0. The van der Waals surface area contributed by atoms with E-state index in [1.807, 2.05) is 0 Å². The Morgan fingerprint density at radius 2 is 2.26 bits per heavy atom. The van der Waals surface area contributed by atoms with Gasteiger partial charge in [0, 0.05) is 11.6 Å². The molecule has 104 valence electrons. The molecule has 0 bridgehead atoms. The molecule has 1 aliphatic heterocycles. The second-order valence-electron chi connectivity index (χ2n) is 5.03. The van der Waals surface area contributed by atoms with Crippen LogP contribution in [0.25, 0.3) is 0 Å². The van der Waals surface area contributed by atoms with E-state index in [9.17, 15) is 4.79 Å². The summed E-state index contributed by atoms with van der Waals surface area (Å²) in [5, 5.41) is 3.56. The summed E-state index contributed by atoms with van der Waals surface area (Å²) in [6, 6.07) is 3.13. The number of rotatable bonds is 3. The molecule has 2 rings (SSSR count). The van der Waals surface area contributed by atoms with Crippen LogP contribution in [0.1, 0.15) is 13.3 Å². The highest BCUT2D eigenvalue weighted by atomic mass is 35.5. The molecule has 3 N–H and O–H groups in total. The molecule has 0 spiro atoms. The van der Waals surface area contributed by atoms with Gasteiger partial charge in [0.2, 0.25) is 5.91 Å². The topological polar surface area (TPSA) is 58.4 Å². The van der Waals surface area contributed by atoms with E-state index < -0.39 is 0 Å². The van der Waals surface area contributed by atoms with E-state index in [2.05, 4.69) is 17.1 Å². The molecule has 1 aliphatic rings. The van der Waals surface area contributed by atoms with Crippen molar-refractivity contribution in [1.82, 2.24) is 4.90 Å². The standard InChI is InChI=1S/C13H17Cl2N3O/c1-8-2-3-18(6-8)7-12(19)17-13-10(15)4-9(14)5-11(13)16/h4-5,8H,2-3,6-7,16H2,1H3,(H,17,19). The highest BCUT2D eigenvalue weighted by molar-refractivity contribution is 6.37. The average Bonchev–Trinajstić information content (AvgIpc) is 2.69. The van der Waals surface area contributed by atoms with E-state index in [1.54, 1.807) is 12.1 Å². The first kappa shape index (κ1) is 14.4. The minimum Gasteiger partial charge on any atom is -0.397 e. The van der Waals surface area contributed by atoms with Crippen LogP contribution in [-0.4, -0.2) is 30.4 Å². The molecule has 0 aromatic heterocycles. The maximum Gasteiger partial charge on any atom is 0.238 e. The lowest BCUT2D eigenvalue weighted by atomic mass is 10.2. The summed E-state index contributed by atoms with van der Waals surface area (Å²) in [7, 11) is 0. The number of benzene rings is 1. The van der Waals surface area contributed by atoms with Crippen LogP contribution in [-0.2, 0) is 4.79 Å². The summed E-state index contributed by atoms with van der Waals surface area (Å²) in [5.41, 5.74) is 6.61. The van der Waals surface area contributed by atoms with Crippen LogP contribution in [0.4, 0.5) is 11.4 Å². The van der Waals surface area contributed by atoms with Gasteiger partial charge in [-0.15, -0.1) is 0 Å². The number of hydrogen-bond donors (Lipinski definition) is 2. The Morgan fingerprint density at radius 1 is 1.53 bits per heavy atom. The molecular formula is C13H17Cl2N3O. The molecule has 1 unspecified atom stereocenters. The van der Waals surface area contributed by atoms with E-state index in [1.165, 1.54) is 0 Å². The van der Waals surface area contributed by atoms with Crippen LogP contribution in [0.5, 0.6) is 0 Å². The van der Waals surface area contributed by atoms with Gasteiger partial charge in [0.15, 0.2) is 0 Å². The summed E-state index contributed by atoms with van der Waals surface area (Å²) in [6.45, 7) is 4.46. The minimum absolute atomic E-state index is 0.106. The van der Waals surface area contributed by atoms with Gasteiger partial charge in [-0.3, -0.25) is 9.69 Å². The number of amides is 1. The molecule has 1 amide bonds. The number of nitrogens with zero attached hydrogens (tertiary/aromatic N) is 1. The van der Waals surface area contributed by atoms with E-state index in [0.717, 1.165) is 19.5 Å². The van der Waals surface area contributed by atoms with Crippen molar-refractivity contribution in [2.45, 2.75) is 13.3 Å². The molecule has 1 aromatic rings. The number of nitrogens with one attached hydrogen (secondary N) is 1. The van der Waals surface area contributed by atoms with Crippen LogP contribution < -0.4 is 11.1 Å². The van der Waals surface area contributed by atoms with Crippen molar-refractivity contribution in [2.75, 3.05) is 30.7 Å². The number of hydrogen-bond acceptors (Lipinski definition) is 3. The predicted molar refractivity (Wildman–Crippen MR) is 79.7 cm³/mol. The number of likely N-dealkylation sites (tertiary alicyclic amines) is 1. The maximum atomic E-state index is 12.0. The van der Waals surface area contributed by atoms with Gasteiger partial charge in [-0.05, 0) is 31.0 Å². The Hall–Kier alpha value is -0.970. The number of anilines is 2. The third-order valence-electron chi connectivity index (χ3n) is 3.23. The summed E-state index contributed by atoms with van der Waals surface area (Å²) in [6.07, 6.45) is 1.14. The maximum absolute atomic E-state index is 12.0. The third-order valence-corrected chi connectivity index (χ3v) is 3.74. The van der Waals surface area contributed by atoms with Gasteiger partial charge in [0.25, 0.3) is 0 Å². The van der Waals surface area contributed by atoms with Gasteiger partial charge < -0.3 is 11.1 Å². The van der Waals surface area contributed by atoms with Crippen molar-refractivity contribution in [2.24, 2.45) is 5.92 Å². The highest BCUT2D eigenvalue weighted by Gasteiger charge is 2.21. The van der Waals surface area contributed by atoms with Gasteiger partial charge in [-0.25, -0.2) is 0 Å². The number of carbonyl (C=O) groups excluding carboxylic acids is 1. The van der Waals surface area contributed by atoms with Crippen LogP contribution in [0.15, 0.2) is 12.1 Å². The van der Waals surface area contributed by atoms with Gasteiger partial charge in [0.1, 0.15) is 0 Å². The van der Waals surface area contributed by atoms with Crippen molar-refractivity contribution < 1.29 is 4.79 Å². The largest absolute Gasteiger partial charge is 0.397 e. The fraction of sp³-hybridized carbons (Fsp3) is 0.462. The van der Waals surface area contributed by atoms with Gasteiger partial charge >= 0.3 is 0 Å². The lowest BCUT2D eigenvalue weighted by Gasteiger charge is -2.16. The molecular weight excluding hydrogens is 285 g/mol. The number of carbonyl (C=O) groups is 1. The lowest BCUT2D eigenvalue weighted by Crippen LogP contribution is -2.31. The van der Waals surface area contributed by atoms with Crippen molar-refractivity contribution in [1.29, 1.82) is 0 Å². The molecule has 1 atom stereocenters. The van der Waals surface area contributed by atoms with Crippen LogP contribution in [0.3, 0.4) is 0 Å². The monoisotopic (exact) mass is 301 g/mol.